The molecular weight excluding hydrogens is 334 g/mol. The van der Waals surface area contributed by atoms with Gasteiger partial charge in [0.25, 0.3) is 0 Å². The molecule has 5 heteroatoms. The maximum Gasteiger partial charge on any atom is 0.243 e. The molecule has 1 aliphatic rings. The van der Waals surface area contributed by atoms with E-state index in [4.69, 9.17) is 11.6 Å². The lowest BCUT2D eigenvalue weighted by molar-refractivity contribution is -0.116. The minimum absolute atomic E-state index is 0.0364. The summed E-state index contributed by atoms with van der Waals surface area (Å²) >= 11 is 5.84. The summed E-state index contributed by atoms with van der Waals surface area (Å²) < 4.78 is 0. The number of carbonyl (C=O) groups excluding carboxylic acids is 1. The van der Waals surface area contributed by atoms with Crippen molar-refractivity contribution in [1.29, 1.82) is 0 Å². The van der Waals surface area contributed by atoms with Crippen molar-refractivity contribution in [3.63, 3.8) is 0 Å². The highest BCUT2D eigenvalue weighted by Gasteiger charge is 2.14. The van der Waals surface area contributed by atoms with Gasteiger partial charge in [0.1, 0.15) is 0 Å². The fraction of sp³-hybridized carbons (Fsp3) is 0.550. The number of amides is 1. The summed E-state index contributed by atoms with van der Waals surface area (Å²) in [6.07, 6.45) is 6.80. The first kappa shape index (κ1) is 20.0. The van der Waals surface area contributed by atoms with Gasteiger partial charge in [-0.2, -0.15) is 0 Å². The molecule has 0 spiro atoms. The van der Waals surface area contributed by atoms with E-state index < -0.39 is 0 Å². The summed E-state index contributed by atoms with van der Waals surface area (Å²) in [5.41, 5.74) is 0.975. The summed E-state index contributed by atoms with van der Waals surface area (Å²) in [6.45, 7) is 10.1. The Bertz CT molecular complexity index is 536. The van der Waals surface area contributed by atoms with Crippen LogP contribution in [0.25, 0.3) is 6.08 Å². The highest BCUT2D eigenvalue weighted by Crippen LogP contribution is 2.10. The van der Waals surface area contributed by atoms with Crippen LogP contribution in [0.2, 0.25) is 5.02 Å². The van der Waals surface area contributed by atoms with Gasteiger partial charge in [-0.1, -0.05) is 37.1 Å². The zero-order valence-corrected chi connectivity index (χ0v) is 16.0. The second-order valence-corrected chi connectivity index (χ2v) is 6.95. The van der Waals surface area contributed by atoms with E-state index >= 15 is 0 Å². The molecule has 1 N–H and O–H groups in total. The van der Waals surface area contributed by atoms with Gasteiger partial charge in [-0.15, -0.1) is 0 Å². The van der Waals surface area contributed by atoms with Crippen LogP contribution in [0.5, 0.6) is 0 Å². The maximum atomic E-state index is 11.8. The molecule has 0 aliphatic carbocycles. The second kappa shape index (κ2) is 11.3. The number of rotatable bonds is 9. The number of hydrogen-bond donors (Lipinski definition) is 1. The van der Waals surface area contributed by atoms with Crippen LogP contribution in [-0.2, 0) is 4.79 Å². The smallest absolute Gasteiger partial charge is 0.243 e. The predicted octanol–water partition coefficient (Wildman–Crippen LogP) is 3.28. The Morgan fingerprint density at radius 1 is 1.08 bits per heavy atom. The molecule has 1 saturated heterocycles. The topological polar surface area (TPSA) is 35.6 Å². The molecule has 1 fully saturated rings. The molecule has 0 unspecified atom stereocenters. The number of halogens is 1. The van der Waals surface area contributed by atoms with Gasteiger partial charge in [-0.3, -0.25) is 4.79 Å². The number of nitrogens with one attached hydrogen (secondary N) is 1. The standard InChI is InChI=1S/C20H30ClN3O/c1-2-23-14-16-24(17-15-23)13-5-3-4-12-22-20(25)11-8-18-6-9-19(21)10-7-18/h6-11H,2-5,12-17H2,1H3,(H,22,25)/b11-8+. The molecule has 2 rings (SSSR count). The minimum atomic E-state index is -0.0364. The molecule has 1 aromatic carbocycles. The van der Waals surface area contributed by atoms with Crippen molar-refractivity contribution >= 4 is 23.6 Å². The number of unbranched alkanes of at least 4 members (excludes halogenated alkanes) is 2. The van der Waals surface area contributed by atoms with Crippen molar-refractivity contribution in [1.82, 2.24) is 15.1 Å². The number of likely N-dealkylation sites (N-methyl/N-ethyl adjacent to an activating group) is 1. The Kier molecular flexibility index (Phi) is 9.02. The largest absolute Gasteiger partial charge is 0.353 e. The van der Waals surface area contributed by atoms with E-state index in [0.29, 0.717) is 5.02 Å². The van der Waals surface area contributed by atoms with E-state index in [2.05, 4.69) is 22.0 Å². The van der Waals surface area contributed by atoms with Crippen LogP contribution in [0.1, 0.15) is 31.7 Å². The van der Waals surface area contributed by atoms with E-state index in [-0.39, 0.29) is 5.91 Å². The van der Waals surface area contributed by atoms with Crippen molar-refractivity contribution in [2.24, 2.45) is 0 Å². The third-order valence-electron chi connectivity index (χ3n) is 4.66. The Hall–Kier alpha value is -1.36. The molecule has 1 aliphatic heterocycles. The lowest BCUT2D eigenvalue weighted by Gasteiger charge is -2.33. The van der Waals surface area contributed by atoms with E-state index in [1.54, 1.807) is 6.08 Å². The zero-order chi connectivity index (χ0) is 17.9. The third kappa shape index (κ3) is 8.04. The van der Waals surface area contributed by atoms with Gasteiger partial charge in [-0.25, -0.2) is 0 Å². The van der Waals surface area contributed by atoms with Gasteiger partial charge in [0.05, 0.1) is 0 Å². The van der Waals surface area contributed by atoms with Crippen LogP contribution in [-0.4, -0.2) is 61.5 Å². The molecule has 0 saturated carbocycles. The fourth-order valence-corrected chi connectivity index (χ4v) is 3.11. The lowest BCUT2D eigenvalue weighted by Crippen LogP contribution is -2.46. The quantitative estimate of drug-likeness (QED) is 0.540. The van der Waals surface area contributed by atoms with Crippen LogP contribution in [0, 0.1) is 0 Å². The molecule has 25 heavy (non-hydrogen) atoms. The van der Waals surface area contributed by atoms with Gasteiger partial charge in [0.15, 0.2) is 0 Å². The molecule has 4 nitrogen and oxygen atoms in total. The average Bonchev–Trinajstić information content (AvgIpc) is 2.64. The van der Waals surface area contributed by atoms with Crippen LogP contribution in [0.4, 0.5) is 0 Å². The van der Waals surface area contributed by atoms with Gasteiger partial charge in [-0.05, 0) is 49.7 Å². The predicted molar refractivity (Wildman–Crippen MR) is 106 cm³/mol. The summed E-state index contributed by atoms with van der Waals surface area (Å²) in [5, 5.41) is 3.65. The average molecular weight is 364 g/mol. The van der Waals surface area contributed by atoms with E-state index in [0.717, 1.165) is 24.9 Å². The van der Waals surface area contributed by atoms with Crippen LogP contribution in [0.3, 0.4) is 0 Å². The third-order valence-corrected chi connectivity index (χ3v) is 4.91. The van der Waals surface area contributed by atoms with Gasteiger partial charge in [0, 0.05) is 43.8 Å². The number of benzene rings is 1. The molecule has 0 aromatic heterocycles. The molecule has 0 atom stereocenters. The molecule has 138 valence electrons. The van der Waals surface area contributed by atoms with E-state index in [1.165, 1.54) is 45.7 Å². The van der Waals surface area contributed by atoms with Crippen molar-refractivity contribution in [2.75, 3.05) is 45.8 Å². The van der Waals surface area contributed by atoms with Crippen LogP contribution >= 0.6 is 11.6 Å². The first-order valence-electron chi connectivity index (χ1n) is 9.33. The SMILES string of the molecule is CCN1CCN(CCCCCNC(=O)/C=C/c2ccc(Cl)cc2)CC1. The highest BCUT2D eigenvalue weighted by molar-refractivity contribution is 6.30. The number of hydrogen-bond acceptors (Lipinski definition) is 3. The molecule has 1 aromatic rings. The monoisotopic (exact) mass is 363 g/mol. The molecule has 1 heterocycles. The summed E-state index contributed by atoms with van der Waals surface area (Å²) in [7, 11) is 0. The minimum Gasteiger partial charge on any atom is -0.353 e. The second-order valence-electron chi connectivity index (χ2n) is 6.51. The van der Waals surface area contributed by atoms with Crippen LogP contribution < -0.4 is 5.32 Å². The molecule has 1 amide bonds. The van der Waals surface area contributed by atoms with Crippen molar-refractivity contribution in [3.05, 3.63) is 40.9 Å². The number of carbonyl (C=O) groups is 1. The fourth-order valence-electron chi connectivity index (χ4n) is 2.98. The lowest BCUT2D eigenvalue weighted by atomic mass is 10.2. The summed E-state index contributed by atoms with van der Waals surface area (Å²) in [4.78, 5) is 16.8. The highest BCUT2D eigenvalue weighted by atomic mass is 35.5. The van der Waals surface area contributed by atoms with Gasteiger partial charge >= 0.3 is 0 Å². The van der Waals surface area contributed by atoms with E-state index in [1.807, 2.05) is 30.3 Å². The summed E-state index contributed by atoms with van der Waals surface area (Å²) in [6, 6.07) is 7.43. The Balaban J connectivity index is 1.50. The van der Waals surface area contributed by atoms with Crippen molar-refractivity contribution < 1.29 is 4.79 Å². The summed E-state index contributed by atoms with van der Waals surface area (Å²) in [5.74, 6) is -0.0364. The zero-order valence-electron chi connectivity index (χ0n) is 15.2. The maximum absolute atomic E-state index is 11.8. The Labute approximate surface area is 156 Å². The van der Waals surface area contributed by atoms with Crippen molar-refractivity contribution in [2.45, 2.75) is 26.2 Å². The first-order valence-corrected chi connectivity index (χ1v) is 9.71. The van der Waals surface area contributed by atoms with Crippen molar-refractivity contribution in [3.8, 4) is 0 Å². The number of piperazine rings is 1. The Morgan fingerprint density at radius 3 is 2.44 bits per heavy atom. The molecule has 0 radical (unpaired) electrons. The number of nitrogens with zero attached hydrogens (tertiary/aromatic N) is 2. The Morgan fingerprint density at radius 2 is 1.76 bits per heavy atom. The normalized spacial score (nSPS) is 16.4. The van der Waals surface area contributed by atoms with Crippen LogP contribution in [0.15, 0.2) is 30.3 Å². The molecule has 0 bridgehead atoms. The molecular formula is C20H30ClN3O. The van der Waals surface area contributed by atoms with E-state index in [9.17, 15) is 4.79 Å². The van der Waals surface area contributed by atoms with Gasteiger partial charge in [0.2, 0.25) is 5.91 Å². The van der Waals surface area contributed by atoms with Gasteiger partial charge < -0.3 is 15.1 Å². The first-order chi connectivity index (χ1) is 12.2.